The van der Waals surface area contributed by atoms with E-state index >= 15 is 0 Å². The molecule has 0 aliphatic carbocycles. The van der Waals surface area contributed by atoms with Gasteiger partial charge in [-0.15, -0.1) is 0 Å². The lowest BCUT2D eigenvalue weighted by atomic mass is 10.1. The third kappa shape index (κ3) is 4.88. The number of hydrogen-bond acceptors (Lipinski definition) is 5. The number of anilines is 1. The summed E-state index contributed by atoms with van der Waals surface area (Å²) < 4.78 is 40.8. The molecule has 11 heteroatoms. The molecule has 0 bridgehead atoms. The van der Waals surface area contributed by atoms with E-state index in [1.807, 2.05) is 0 Å². The summed E-state index contributed by atoms with van der Waals surface area (Å²) in [5.41, 5.74) is 0.367. The summed E-state index contributed by atoms with van der Waals surface area (Å²) in [5.74, 6) is -1.28. The van der Waals surface area contributed by atoms with Crippen molar-refractivity contribution in [1.29, 1.82) is 0 Å². The number of carboxylic acids is 1. The van der Waals surface area contributed by atoms with Crippen molar-refractivity contribution in [3.05, 3.63) is 82.0 Å². The number of benzene rings is 2. The Bertz CT molecular complexity index is 1280. The number of fused-ring (bicyclic) bond motifs is 1. The highest BCUT2D eigenvalue weighted by Crippen LogP contribution is 2.33. The first-order valence-electron chi connectivity index (χ1n) is 10.7. The van der Waals surface area contributed by atoms with E-state index in [4.69, 9.17) is 5.11 Å². The summed E-state index contributed by atoms with van der Waals surface area (Å²) in [6.07, 6.45) is -4.01. The first-order valence-corrected chi connectivity index (χ1v) is 10.7. The Morgan fingerprint density at radius 1 is 1.17 bits per heavy atom. The van der Waals surface area contributed by atoms with Crippen LogP contribution in [0.3, 0.4) is 0 Å². The fourth-order valence-electron chi connectivity index (χ4n) is 4.06. The van der Waals surface area contributed by atoms with Gasteiger partial charge in [-0.3, -0.25) is 9.59 Å². The van der Waals surface area contributed by atoms with E-state index in [2.05, 4.69) is 10.4 Å². The Kier molecular flexibility index (Phi) is 6.33. The maximum atomic E-state index is 13.2. The van der Waals surface area contributed by atoms with Crippen molar-refractivity contribution in [3.8, 4) is 0 Å². The molecule has 3 aromatic rings. The predicted molar refractivity (Wildman–Crippen MR) is 119 cm³/mol. The van der Waals surface area contributed by atoms with Gasteiger partial charge in [-0.25, -0.2) is 9.48 Å². The lowest BCUT2D eigenvalue weighted by molar-refractivity contribution is -0.137. The van der Waals surface area contributed by atoms with Crippen molar-refractivity contribution in [2.24, 2.45) is 0 Å². The summed E-state index contributed by atoms with van der Waals surface area (Å²) in [7, 11) is 0. The molecule has 0 unspecified atom stereocenters. The fraction of sp³-hybridized carbons (Fsp3) is 0.250. The van der Waals surface area contributed by atoms with E-state index in [0.717, 1.165) is 12.1 Å². The molecule has 1 aliphatic rings. The highest BCUT2D eigenvalue weighted by Gasteiger charge is 2.33. The van der Waals surface area contributed by atoms with Gasteiger partial charge in [0.15, 0.2) is 6.29 Å². The maximum absolute atomic E-state index is 13.2. The average molecular weight is 486 g/mol. The van der Waals surface area contributed by atoms with Crippen LogP contribution in [0, 0.1) is 0 Å². The molecule has 1 aliphatic heterocycles. The largest absolute Gasteiger partial charge is 0.478 e. The summed E-state index contributed by atoms with van der Waals surface area (Å²) in [6.45, 7) is 2.58. The van der Waals surface area contributed by atoms with Gasteiger partial charge >= 0.3 is 12.1 Å². The number of alkyl halides is 3. The second kappa shape index (κ2) is 9.24. The monoisotopic (exact) mass is 486 g/mol. The molecule has 2 N–H and O–H groups in total. The number of halogens is 3. The number of carbonyl (C=O) groups is 3. The third-order valence-corrected chi connectivity index (χ3v) is 5.81. The number of carbonyl (C=O) groups excluding carboxylic acids is 2. The van der Waals surface area contributed by atoms with Gasteiger partial charge in [0.2, 0.25) is 0 Å². The molecule has 1 atom stereocenters. The molecular weight excluding hydrogens is 465 g/mol. The van der Waals surface area contributed by atoms with E-state index in [9.17, 15) is 27.6 Å². The summed E-state index contributed by atoms with van der Waals surface area (Å²) in [5, 5.41) is 16.0. The molecule has 0 saturated carbocycles. The topological polar surface area (TPSA) is 105 Å². The van der Waals surface area contributed by atoms with Crippen LogP contribution < -0.4 is 10.2 Å². The summed E-state index contributed by atoms with van der Waals surface area (Å²) >= 11 is 0. The van der Waals surface area contributed by atoms with Crippen molar-refractivity contribution >= 4 is 24.0 Å². The molecule has 8 nitrogen and oxygen atoms in total. The quantitative estimate of drug-likeness (QED) is 0.491. The molecule has 0 radical (unpaired) electrons. The molecule has 0 spiro atoms. The Morgan fingerprint density at radius 2 is 1.89 bits per heavy atom. The number of nitrogens with one attached hydrogen (secondary N) is 1. The number of aromatic carboxylic acids is 1. The number of rotatable bonds is 7. The molecule has 1 aromatic heterocycles. The zero-order chi connectivity index (χ0) is 25.3. The Morgan fingerprint density at radius 3 is 2.51 bits per heavy atom. The molecule has 1 amide bonds. The van der Waals surface area contributed by atoms with Gasteiger partial charge in [0, 0.05) is 13.1 Å². The van der Waals surface area contributed by atoms with Gasteiger partial charge in [-0.2, -0.15) is 18.3 Å². The fourth-order valence-corrected chi connectivity index (χ4v) is 4.06. The normalized spacial score (nSPS) is 13.9. The Hall–Kier alpha value is -4.15. The van der Waals surface area contributed by atoms with Crippen LogP contribution in [-0.2, 0) is 19.3 Å². The smallest absolute Gasteiger partial charge is 0.416 e. The maximum Gasteiger partial charge on any atom is 0.416 e. The molecular formula is C24H21F3N4O4. The van der Waals surface area contributed by atoms with Crippen LogP contribution in [0.4, 0.5) is 19.0 Å². The Labute approximate surface area is 198 Å². The van der Waals surface area contributed by atoms with Crippen LogP contribution in [0.5, 0.6) is 0 Å². The van der Waals surface area contributed by atoms with Gasteiger partial charge < -0.3 is 15.3 Å². The van der Waals surface area contributed by atoms with Crippen LogP contribution in [-0.4, -0.2) is 39.6 Å². The second-order valence-electron chi connectivity index (χ2n) is 8.17. The zero-order valence-corrected chi connectivity index (χ0v) is 18.5. The molecule has 0 fully saturated rings. The molecule has 4 rings (SSSR count). The van der Waals surface area contributed by atoms with E-state index in [-0.39, 0.29) is 23.4 Å². The van der Waals surface area contributed by atoms with Crippen molar-refractivity contribution in [2.75, 3.05) is 11.4 Å². The standard InChI is InChI=1S/C24H21F3N4O4/c1-14(16-5-7-17(8-6-16)23(34)35)28-21(33)20-19(13-32)29-31-10-9-30(22(20)31)12-15-3-2-4-18(11-15)24(25,26)27/h2-8,11,13-14H,9-10,12H2,1H3,(H,28,33)(H,34,35)/t14-/m0/s1. The van der Waals surface area contributed by atoms with Gasteiger partial charge in [-0.1, -0.05) is 24.3 Å². The molecule has 2 heterocycles. The predicted octanol–water partition coefficient (Wildman–Crippen LogP) is 3.92. The SMILES string of the molecule is C[C@H](NC(=O)c1c(C=O)nn2c1N(Cc1cccc(C(F)(F)F)c1)CC2)c1ccc(C(=O)O)cc1. The highest BCUT2D eigenvalue weighted by atomic mass is 19.4. The first kappa shape index (κ1) is 24.0. The van der Waals surface area contributed by atoms with Crippen LogP contribution in [0.1, 0.15) is 60.9 Å². The third-order valence-electron chi connectivity index (χ3n) is 5.81. The van der Waals surface area contributed by atoms with Crippen molar-refractivity contribution in [2.45, 2.75) is 32.2 Å². The minimum Gasteiger partial charge on any atom is -0.478 e. The molecule has 35 heavy (non-hydrogen) atoms. The van der Waals surface area contributed by atoms with Gasteiger partial charge in [0.1, 0.15) is 17.1 Å². The minimum absolute atomic E-state index is 0.0403. The molecule has 182 valence electrons. The van der Waals surface area contributed by atoms with Crippen LogP contribution >= 0.6 is 0 Å². The van der Waals surface area contributed by atoms with E-state index in [0.29, 0.717) is 36.3 Å². The highest BCUT2D eigenvalue weighted by molar-refractivity contribution is 6.05. The van der Waals surface area contributed by atoms with Crippen LogP contribution in [0.2, 0.25) is 0 Å². The number of aromatic nitrogens is 2. The summed E-state index contributed by atoms with van der Waals surface area (Å²) in [4.78, 5) is 37.6. The molecule has 2 aromatic carbocycles. The Balaban J connectivity index is 1.58. The van der Waals surface area contributed by atoms with Gasteiger partial charge in [0.05, 0.1) is 23.7 Å². The number of aldehydes is 1. The second-order valence-corrected chi connectivity index (χ2v) is 8.17. The van der Waals surface area contributed by atoms with Gasteiger partial charge in [-0.05, 0) is 42.3 Å². The number of hydrogen-bond donors (Lipinski definition) is 2. The van der Waals surface area contributed by atoms with Crippen LogP contribution in [0.25, 0.3) is 0 Å². The number of amides is 1. The first-order chi connectivity index (χ1) is 16.6. The minimum atomic E-state index is -4.47. The van der Waals surface area contributed by atoms with Crippen molar-refractivity contribution < 1.29 is 32.7 Å². The zero-order valence-electron chi connectivity index (χ0n) is 18.5. The van der Waals surface area contributed by atoms with E-state index in [1.54, 1.807) is 30.0 Å². The van der Waals surface area contributed by atoms with Gasteiger partial charge in [0.25, 0.3) is 5.91 Å². The number of carboxylic acid groups (broad SMARTS) is 1. The molecule has 0 saturated heterocycles. The van der Waals surface area contributed by atoms with E-state index < -0.39 is 29.7 Å². The number of nitrogens with zero attached hydrogens (tertiary/aromatic N) is 3. The lowest BCUT2D eigenvalue weighted by Crippen LogP contribution is -2.30. The van der Waals surface area contributed by atoms with E-state index in [1.165, 1.54) is 22.9 Å². The van der Waals surface area contributed by atoms with Crippen LogP contribution in [0.15, 0.2) is 48.5 Å². The summed E-state index contributed by atoms with van der Waals surface area (Å²) in [6, 6.07) is 10.4. The van der Waals surface area contributed by atoms with Crippen molar-refractivity contribution in [3.63, 3.8) is 0 Å². The average Bonchev–Trinajstić information content (AvgIpc) is 3.38. The lowest BCUT2D eigenvalue weighted by Gasteiger charge is -2.21. The van der Waals surface area contributed by atoms with Crippen molar-refractivity contribution in [1.82, 2.24) is 15.1 Å².